The van der Waals surface area contributed by atoms with Crippen LogP contribution in [0.5, 0.6) is 0 Å². The molecule has 1 fully saturated rings. The molecule has 4 rings (SSSR count). The van der Waals surface area contributed by atoms with Crippen molar-refractivity contribution in [1.82, 2.24) is 25.5 Å². The molecule has 2 aromatic heterocycles. The van der Waals surface area contributed by atoms with Crippen LogP contribution in [0.4, 0.5) is 22.1 Å². The fraction of sp³-hybridized carbons (Fsp3) is 0.400. The van der Waals surface area contributed by atoms with Gasteiger partial charge >= 0.3 is 6.03 Å². The second-order valence-electron chi connectivity index (χ2n) is 10.1. The molecule has 212 valence electrons. The summed E-state index contributed by atoms with van der Waals surface area (Å²) in [6, 6.07) is 14.7. The minimum atomic E-state index is -0.298. The number of pyridine rings is 2. The first-order valence-corrected chi connectivity index (χ1v) is 14.0. The van der Waals surface area contributed by atoms with Crippen molar-refractivity contribution in [3.63, 3.8) is 0 Å². The van der Waals surface area contributed by atoms with Crippen molar-refractivity contribution >= 4 is 29.3 Å². The molecule has 4 N–H and O–H groups in total. The van der Waals surface area contributed by atoms with Crippen LogP contribution in [-0.2, 0) is 6.54 Å². The second-order valence-corrected chi connectivity index (χ2v) is 10.1. The minimum absolute atomic E-state index is 0.123. The van der Waals surface area contributed by atoms with E-state index in [1.807, 2.05) is 74.4 Å². The number of amides is 3. The fourth-order valence-electron chi connectivity index (χ4n) is 4.58. The summed E-state index contributed by atoms with van der Waals surface area (Å²) in [6.45, 7) is 6.71. The molecule has 0 unspecified atom stereocenters. The van der Waals surface area contributed by atoms with Gasteiger partial charge in [0.25, 0.3) is 5.91 Å². The van der Waals surface area contributed by atoms with Gasteiger partial charge in [-0.05, 0) is 68.8 Å². The summed E-state index contributed by atoms with van der Waals surface area (Å²) in [5.74, 6) is 1.30. The smallest absolute Gasteiger partial charge is 0.319 e. The molecular formula is C30H40N8O2. The van der Waals surface area contributed by atoms with Gasteiger partial charge in [0.15, 0.2) is 0 Å². The Morgan fingerprint density at radius 3 is 2.40 bits per heavy atom. The van der Waals surface area contributed by atoms with Crippen molar-refractivity contribution in [2.45, 2.75) is 32.7 Å². The molecule has 3 heterocycles. The quantitative estimate of drug-likeness (QED) is 0.286. The van der Waals surface area contributed by atoms with E-state index in [1.54, 1.807) is 6.20 Å². The molecule has 40 heavy (non-hydrogen) atoms. The van der Waals surface area contributed by atoms with Crippen molar-refractivity contribution in [2.75, 3.05) is 62.4 Å². The lowest BCUT2D eigenvalue weighted by Crippen LogP contribution is -2.37. The lowest BCUT2D eigenvalue weighted by atomic mass is 10.1. The van der Waals surface area contributed by atoms with E-state index in [2.05, 4.69) is 31.2 Å². The van der Waals surface area contributed by atoms with Gasteiger partial charge in [-0.3, -0.25) is 4.79 Å². The van der Waals surface area contributed by atoms with Gasteiger partial charge in [-0.1, -0.05) is 24.6 Å². The number of benzene rings is 1. The zero-order valence-corrected chi connectivity index (χ0v) is 23.7. The lowest BCUT2D eigenvalue weighted by molar-refractivity contribution is 0.0947. The monoisotopic (exact) mass is 544 g/mol. The van der Waals surface area contributed by atoms with Gasteiger partial charge < -0.3 is 31.1 Å². The molecule has 10 heteroatoms. The first-order valence-electron chi connectivity index (χ1n) is 14.0. The molecule has 0 saturated carbocycles. The Hall–Kier alpha value is -4.18. The zero-order valence-electron chi connectivity index (χ0n) is 23.7. The number of hydrogen-bond donors (Lipinski definition) is 4. The van der Waals surface area contributed by atoms with Crippen LogP contribution in [0.2, 0.25) is 0 Å². The van der Waals surface area contributed by atoms with Crippen LogP contribution in [0.25, 0.3) is 11.3 Å². The third kappa shape index (κ3) is 8.16. The fourth-order valence-corrected chi connectivity index (χ4v) is 4.58. The number of piperidine rings is 1. The molecule has 1 saturated heterocycles. The number of aromatic nitrogens is 2. The predicted octanol–water partition coefficient (Wildman–Crippen LogP) is 4.18. The Morgan fingerprint density at radius 2 is 1.73 bits per heavy atom. The summed E-state index contributed by atoms with van der Waals surface area (Å²) in [7, 11) is 3.87. The van der Waals surface area contributed by atoms with Crippen LogP contribution in [0.15, 0.2) is 54.7 Å². The van der Waals surface area contributed by atoms with Gasteiger partial charge in [0, 0.05) is 57.7 Å². The van der Waals surface area contributed by atoms with Crippen molar-refractivity contribution in [2.24, 2.45) is 0 Å². The number of likely N-dealkylation sites (tertiary alicyclic amines) is 1. The van der Waals surface area contributed by atoms with Crippen molar-refractivity contribution in [1.29, 1.82) is 0 Å². The molecule has 10 nitrogen and oxygen atoms in total. The molecular weight excluding hydrogens is 504 g/mol. The van der Waals surface area contributed by atoms with Gasteiger partial charge in [0.1, 0.15) is 11.6 Å². The van der Waals surface area contributed by atoms with Crippen molar-refractivity contribution in [3.05, 3.63) is 65.9 Å². The first kappa shape index (κ1) is 28.8. The highest BCUT2D eigenvalue weighted by atomic mass is 16.2. The highest BCUT2D eigenvalue weighted by Gasteiger charge is 2.15. The second kappa shape index (κ2) is 14.3. The third-order valence-corrected chi connectivity index (χ3v) is 6.81. The average Bonchev–Trinajstić information content (AvgIpc) is 2.97. The molecule has 3 amide bonds. The van der Waals surface area contributed by atoms with Gasteiger partial charge in [0.2, 0.25) is 0 Å². The Bertz CT molecular complexity index is 1260. The van der Waals surface area contributed by atoms with Crippen LogP contribution in [0.3, 0.4) is 0 Å². The van der Waals surface area contributed by atoms with E-state index in [4.69, 9.17) is 4.98 Å². The molecule has 0 radical (unpaired) electrons. The molecule has 0 bridgehead atoms. The first-order chi connectivity index (χ1) is 19.4. The van der Waals surface area contributed by atoms with Gasteiger partial charge in [-0.2, -0.15) is 0 Å². The summed E-state index contributed by atoms with van der Waals surface area (Å²) >= 11 is 0. The average molecular weight is 545 g/mol. The van der Waals surface area contributed by atoms with E-state index in [-0.39, 0.29) is 11.9 Å². The maximum Gasteiger partial charge on any atom is 0.319 e. The number of urea groups is 1. The Balaban J connectivity index is 1.32. The van der Waals surface area contributed by atoms with Crippen LogP contribution in [-0.4, -0.2) is 73.6 Å². The largest absolute Gasteiger partial charge is 0.370 e. The minimum Gasteiger partial charge on any atom is -0.370 e. The summed E-state index contributed by atoms with van der Waals surface area (Å²) in [5.41, 5.74) is 3.74. The maximum absolute atomic E-state index is 12.9. The molecule has 0 aliphatic carbocycles. The van der Waals surface area contributed by atoms with E-state index < -0.39 is 0 Å². The third-order valence-electron chi connectivity index (χ3n) is 6.81. The maximum atomic E-state index is 12.9. The molecule has 1 aromatic carbocycles. The topological polar surface area (TPSA) is 115 Å². The standard InChI is InChI=1S/C30H40N8O2/c1-4-31-28-25(29(39)32-16-19-38-17-6-5-7-18-38)13-14-26(36-28)23-9-11-24(12-10-23)35-30(40)34-21-22-8-15-27(33-20-22)37(2)3/h8-15,20H,4-7,16-19,21H2,1-3H3,(H,31,36)(H,32,39)(H2,34,35,40). The number of nitrogens with one attached hydrogen (secondary N) is 4. The normalized spacial score (nSPS) is 13.4. The molecule has 1 aliphatic heterocycles. The predicted molar refractivity (Wildman–Crippen MR) is 161 cm³/mol. The SMILES string of the molecule is CCNc1nc(-c2ccc(NC(=O)NCc3ccc(N(C)C)nc3)cc2)ccc1C(=O)NCCN1CCCCC1. The highest BCUT2D eigenvalue weighted by molar-refractivity contribution is 5.99. The van der Waals surface area contributed by atoms with Gasteiger partial charge in [-0.15, -0.1) is 0 Å². The number of carbonyl (C=O) groups excluding carboxylic acids is 2. The molecule has 3 aromatic rings. The van der Waals surface area contributed by atoms with Crippen LogP contribution in [0.1, 0.15) is 42.1 Å². The number of hydrogen-bond acceptors (Lipinski definition) is 7. The Kier molecular flexibility index (Phi) is 10.3. The summed E-state index contributed by atoms with van der Waals surface area (Å²) in [5, 5.41) is 12.0. The van der Waals surface area contributed by atoms with E-state index >= 15 is 0 Å². The number of nitrogens with zero attached hydrogens (tertiary/aromatic N) is 4. The molecule has 0 spiro atoms. The van der Waals surface area contributed by atoms with E-state index in [1.165, 1.54) is 19.3 Å². The van der Waals surface area contributed by atoms with Crippen molar-refractivity contribution in [3.8, 4) is 11.3 Å². The van der Waals surface area contributed by atoms with Crippen LogP contribution < -0.4 is 26.2 Å². The summed E-state index contributed by atoms with van der Waals surface area (Å²) in [6.07, 6.45) is 5.52. The van der Waals surface area contributed by atoms with E-state index in [0.29, 0.717) is 36.7 Å². The molecule has 0 atom stereocenters. The number of rotatable bonds is 11. The van der Waals surface area contributed by atoms with E-state index in [0.717, 1.165) is 42.3 Å². The number of anilines is 3. The van der Waals surface area contributed by atoms with Crippen molar-refractivity contribution < 1.29 is 9.59 Å². The zero-order chi connectivity index (χ0) is 28.3. The Morgan fingerprint density at radius 1 is 0.950 bits per heavy atom. The lowest BCUT2D eigenvalue weighted by Gasteiger charge is -2.26. The van der Waals surface area contributed by atoms with Crippen LogP contribution in [0, 0.1) is 0 Å². The highest BCUT2D eigenvalue weighted by Crippen LogP contribution is 2.24. The van der Waals surface area contributed by atoms with Crippen LogP contribution >= 0.6 is 0 Å². The summed E-state index contributed by atoms with van der Waals surface area (Å²) in [4.78, 5) is 38.7. The number of carbonyl (C=O) groups is 2. The van der Waals surface area contributed by atoms with E-state index in [9.17, 15) is 9.59 Å². The van der Waals surface area contributed by atoms with Gasteiger partial charge in [-0.25, -0.2) is 14.8 Å². The molecule has 1 aliphatic rings. The summed E-state index contributed by atoms with van der Waals surface area (Å²) < 4.78 is 0. The Labute approximate surface area is 236 Å². The van der Waals surface area contributed by atoms with Gasteiger partial charge in [0.05, 0.1) is 11.3 Å².